The van der Waals surface area contributed by atoms with Gasteiger partial charge in [-0.25, -0.2) is 0 Å². The maximum Gasteiger partial charge on any atom is 0.0597 e. The number of aryl methyl sites for hydroxylation is 1. The third-order valence-corrected chi connectivity index (χ3v) is 5.61. The van der Waals surface area contributed by atoms with E-state index in [1.54, 1.807) is 0 Å². The third-order valence-electron chi connectivity index (χ3n) is 5.61. The largest absolute Gasteiger partial charge is 0.376 e. The predicted octanol–water partition coefficient (Wildman–Crippen LogP) is 7.31. The maximum absolute atomic E-state index is 4.21. The summed E-state index contributed by atoms with van der Waals surface area (Å²) >= 11 is 0. The van der Waals surface area contributed by atoms with Crippen LogP contribution in [0.2, 0.25) is 0 Å². The predicted molar refractivity (Wildman–Crippen MR) is 127 cm³/mol. The molecule has 0 saturated heterocycles. The van der Waals surface area contributed by atoms with E-state index < -0.39 is 0 Å². The Morgan fingerprint density at radius 3 is 2.38 bits per heavy atom. The van der Waals surface area contributed by atoms with Crippen LogP contribution in [0.5, 0.6) is 0 Å². The summed E-state index contributed by atoms with van der Waals surface area (Å²) in [6.07, 6.45) is 15.1. The van der Waals surface area contributed by atoms with E-state index >= 15 is 0 Å². The van der Waals surface area contributed by atoms with E-state index in [-0.39, 0.29) is 5.54 Å². The van der Waals surface area contributed by atoms with E-state index in [0.29, 0.717) is 0 Å². The van der Waals surface area contributed by atoms with Crippen molar-refractivity contribution in [2.75, 3.05) is 0 Å². The SMILES string of the molecule is C=C(/C=C\CCC)NC1(C)CC=CC=C1Cc1ccc(-c2ccc(C)cc2)cc1. The molecule has 1 heteroatoms. The Morgan fingerprint density at radius 2 is 1.72 bits per heavy atom. The van der Waals surface area contributed by atoms with Crippen LogP contribution in [-0.2, 0) is 6.42 Å². The highest BCUT2D eigenvalue weighted by molar-refractivity contribution is 5.64. The third kappa shape index (κ3) is 5.60. The molecule has 0 saturated carbocycles. The molecule has 0 fully saturated rings. The molecular formula is C28H33N. The molecule has 0 spiro atoms. The van der Waals surface area contributed by atoms with E-state index in [1.165, 1.54) is 27.8 Å². The van der Waals surface area contributed by atoms with Gasteiger partial charge in [0.15, 0.2) is 0 Å². The Kier molecular flexibility index (Phi) is 6.93. The molecule has 1 N–H and O–H groups in total. The lowest BCUT2D eigenvalue weighted by atomic mass is 9.81. The Bertz CT molecular complexity index is 910. The van der Waals surface area contributed by atoms with Crippen LogP contribution in [0.1, 0.15) is 44.2 Å². The van der Waals surface area contributed by atoms with Crippen molar-refractivity contribution in [1.82, 2.24) is 5.32 Å². The second kappa shape index (κ2) is 9.60. The molecular weight excluding hydrogens is 350 g/mol. The molecule has 1 aliphatic carbocycles. The Morgan fingerprint density at radius 1 is 1.07 bits per heavy atom. The van der Waals surface area contributed by atoms with Crippen molar-refractivity contribution in [2.45, 2.75) is 52.0 Å². The van der Waals surface area contributed by atoms with E-state index in [2.05, 4.69) is 112 Å². The maximum atomic E-state index is 4.21. The average molecular weight is 384 g/mol. The van der Waals surface area contributed by atoms with Gasteiger partial charge in [-0.2, -0.15) is 0 Å². The smallest absolute Gasteiger partial charge is 0.0597 e. The number of rotatable bonds is 8. The first-order chi connectivity index (χ1) is 14.0. The molecule has 1 nitrogen and oxygen atoms in total. The number of hydrogen-bond donors (Lipinski definition) is 1. The number of allylic oxidation sites excluding steroid dienone is 4. The van der Waals surface area contributed by atoms with Crippen LogP contribution >= 0.6 is 0 Å². The van der Waals surface area contributed by atoms with Gasteiger partial charge in [-0.15, -0.1) is 0 Å². The molecule has 0 heterocycles. The van der Waals surface area contributed by atoms with E-state index in [1.807, 2.05) is 0 Å². The average Bonchev–Trinajstić information content (AvgIpc) is 2.71. The number of benzene rings is 2. The molecule has 2 aromatic carbocycles. The molecule has 0 bridgehead atoms. The molecule has 0 aliphatic heterocycles. The fourth-order valence-electron chi connectivity index (χ4n) is 3.76. The molecule has 29 heavy (non-hydrogen) atoms. The summed E-state index contributed by atoms with van der Waals surface area (Å²) in [6.45, 7) is 10.8. The first-order valence-electron chi connectivity index (χ1n) is 10.7. The number of nitrogens with one attached hydrogen (secondary N) is 1. The molecule has 3 rings (SSSR count). The van der Waals surface area contributed by atoms with Gasteiger partial charge in [0.05, 0.1) is 5.54 Å². The zero-order valence-electron chi connectivity index (χ0n) is 18.0. The van der Waals surface area contributed by atoms with Gasteiger partial charge >= 0.3 is 0 Å². The molecule has 1 atom stereocenters. The van der Waals surface area contributed by atoms with Gasteiger partial charge in [0.1, 0.15) is 0 Å². The van der Waals surface area contributed by atoms with Crippen molar-refractivity contribution in [2.24, 2.45) is 0 Å². The van der Waals surface area contributed by atoms with Crippen molar-refractivity contribution >= 4 is 0 Å². The lowest BCUT2D eigenvalue weighted by molar-refractivity contribution is 0.453. The minimum absolute atomic E-state index is 0.0992. The van der Waals surface area contributed by atoms with Gasteiger partial charge in [0.25, 0.3) is 0 Å². The fraction of sp³-hybridized carbons (Fsp3) is 0.286. The molecule has 2 aromatic rings. The summed E-state index contributed by atoms with van der Waals surface area (Å²) in [5.41, 5.74) is 7.44. The van der Waals surface area contributed by atoms with E-state index in [9.17, 15) is 0 Å². The van der Waals surface area contributed by atoms with Crippen molar-refractivity contribution in [3.05, 3.63) is 108 Å². The quantitative estimate of drug-likeness (QED) is 0.471. The minimum atomic E-state index is -0.0992. The van der Waals surface area contributed by atoms with Crippen LogP contribution in [-0.4, -0.2) is 5.54 Å². The zero-order valence-corrected chi connectivity index (χ0v) is 18.0. The van der Waals surface area contributed by atoms with Crippen LogP contribution in [0.4, 0.5) is 0 Å². The number of unbranched alkanes of at least 4 members (excludes halogenated alkanes) is 1. The summed E-state index contributed by atoms with van der Waals surface area (Å²) in [7, 11) is 0. The van der Waals surface area contributed by atoms with E-state index in [0.717, 1.165) is 31.4 Å². The van der Waals surface area contributed by atoms with Crippen LogP contribution in [0.15, 0.2) is 96.8 Å². The summed E-state index contributed by atoms with van der Waals surface area (Å²) < 4.78 is 0. The van der Waals surface area contributed by atoms with E-state index in [4.69, 9.17) is 0 Å². The van der Waals surface area contributed by atoms with Crippen LogP contribution in [0, 0.1) is 6.92 Å². The van der Waals surface area contributed by atoms with Gasteiger partial charge < -0.3 is 5.32 Å². The van der Waals surface area contributed by atoms with Crippen LogP contribution in [0.25, 0.3) is 11.1 Å². The molecule has 0 amide bonds. The lowest BCUT2D eigenvalue weighted by Gasteiger charge is -2.36. The standard InChI is InChI=1S/C28H33N/c1-5-6-7-10-23(3)29-28(4)20-9-8-11-27(28)21-24-14-18-26(19-15-24)25-16-12-22(2)13-17-25/h7-19,29H,3,5-6,20-21H2,1-2,4H3/b10-7-. The van der Waals surface area contributed by atoms with Crippen molar-refractivity contribution in [3.8, 4) is 11.1 Å². The summed E-state index contributed by atoms with van der Waals surface area (Å²) in [6, 6.07) is 17.7. The van der Waals surface area contributed by atoms with Crippen molar-refractivity contribution < 1.29 is 0 Å². The summed E-state index contributed by atoms with van der Waals surface area (Å²) in [5.74, 6) is 0. The van der Waals surface area contributed by atoms with Crippen molar-refractivity contribution in [1.29, 1.82) is 0 Å². The fourth-order valence-corrected chi connectivity index (χ4v) is 3.76. The normalized spacial score (nSPS) is 18.7. The minimum Gasteiger partial charge on any atom is -0.376 e. The van der Waals surface area contributed by atoms with Gasteiger partial charge in [-0.1, -0.05) is 98.3 Å². The van der Waals surface area contributed by atoms with Gasteiger partial charge in [-0.05, 0) is 61.4 Å². The molecule has 150 valence electrons. The molecule has 1 aliphatic rings. The second-order valence-corrected chi connectivity index (χ2v) is 8.24. The van der Waals surface area contributed by atoms with Gasteiger partial charge in [0.2, 0.25) is 0 Å². The molecule has 0 radical (unpaired) electrons. The first-order valence-corrected chi connectivity index (χ1v) is 10.7. The zero-order chi connectivity index (χ0) is 20.7. The Labute approximate surface area is 176 Å². The summed E-state index contributed by atoms with van der Waals surface area (Å²) in [5, 5.41) is 3.67. The monoisotopic (exact) mass is 383 g/mol. The highest BCUT2D eigenvalue weighted by atomic mass is 15.0. The molecule has 1 unspecified atom stereocenters. The van der Waals surface area contributed by atoms with Crippen LogP contribution in [0.3, 0.4) is 0 Å². The van der Waals surface area contributed by atoms with Gasteiger partial charge in [0, 0.05) is 5.70 Å². The lowest BCUT2D eigenvalue weighted by Crippen LogP contribution is -2.44. The van der Waals surface area contributed by atoms with Gasteiger partial charge in [-0.3, -0.25) is 0 Å². The Balaban J connectivity index is 1.71. The topological polar surface area (TPSA) is 12.0 Å². The van der Waals surface area contributed by atoms with Crippen molar-refractivity contribution in [3.63, 3.8) is 0 Å². The first kappa shape index (κ1) is 20.9. The summed E-state index contributed by atoms with van der Waals surface area (Å²) in [4.78, 5) is 0. The van der Waals surface area contributed by atoms with Crippen LogP contribution < -0.4 is 5.32 Å². The highest BCUT2D eigenvalue weighted by Gasteiger charge is 2.29. The second-order valence-electron chi connectivity index (χ2n) is 8.24. The molecule has 0 aromatic heterocycles. The highest BCUT2D eigenvalue weighted by Crippen LogP contribution is 2.30. The number of hydrogen-bond acceptors (Lipinski definition) is 1. The Hall–Kier alpha value is -2.80.